The van der Waals surface area contributed by atoms with Crippen LogP contribution in [-0.2, 0) is 9.59 Å². The lowest BCUT2D eigenvalue weighted by Gasteiger charge is -2.19. The lowest BCUT2D eigenvalue weighted by molar-refractivity contribution is -0.144. The largest absolute Gasteiger partial charge is 0.480 e. The van der Waals surface area contributed by atoms with Gasteiger partial charge in [-0.3, -0.25) is 9.59 Å². The number of nitrogens with zero attached hydrogens (tertiary/aromatic N) is 1. The summed E-state index contributed by atoms with van der Waals surface area (Å²) >= 11 is 0. The molecule has 0 rings (SSSR count). The molecule has 0 unspecified atom stereocenters. The van der Waals surface area contributed by atoms with Gasteiger partial charge in [0.05, 0.1) is 0 Å². The topological polar surface area (TPSA) is 57.6 Å². The van der Waals surface area contributed by atoms with Crippen molar-refractivity contribution in [3.63, 3.8) is 0 Å². The van der Waals surface area contributed by atoms with Crippen molar-refractivity contribution in [3.05, 3.63) is 12.7 Å². The van der Waals surface area contributed by atoms with Gasteiger partial charge in [0.25, 0.3) is 0 Å². The second-order valence-electron chi connectivity index (χ2n) is 3.39. The van der Waals surface area contributed by atoms with Crippen LogP contribution >= 0.6 is 0 Å². The van der Waals surface area contributed by atoms with Gasteiger partial charge in [-0.2, -0.15) is 0 Å². The molecule has 86 valence electrons. The summed E-state index contributed by atoms with van der Waals surface area (Å²) in [5.41, 5.74) is 0. The molecule has 0 aromatic rings. The second kappa shape index (κ2) is 8.03. The Hall–Kier alpha value is -1.32. The number of amides is 1. The zero-order valence-electron chi connectivity index (χ0n) is 9.24. The quantitative estimate of drug-likeness (QED) is 0.493. The van der Waals surface area contributed by atoms with Gasteiger partial charge in [-0.1, -0.05) is 13.0 Å². The summed E-state index contributed by atoms with van der Waals surface area (Å²) in [7, 11) is 0. The molecule has 0 saturated heterocycles. The van der Waals surface area contributed by atoms with Crippen molar-refractivity contribution in [1.29, 1.82) is 0 Å². The highest BCUT2D eigenvalue weighted by Gasteiger charge is 2.14. The molecular weight excluding hydrogens is 194 g/mol. The molecule has 0 aliphatic carbocycles. The highest BCUT2D eigenvalue weighted by atomic mass is 16.4. The predicted octanol–water partition coefficient (Wildman–Crippen LogP) is 1.67. The van der Waals surface area contributed by atoms with Crippen LogP contribution in [0.2, 0.25) is 0 Å². The molecule has 0 bridgehead atoms. The number of aliphatic carboxylic acids is 1. The molecule has 0 spiro atoms. The van der Waals surface area contributed by atoms with E-state index in [0.717, 1.165) is 19.3 Å². The van der Waals surface area contributed by atoms with Crippen LogP contribution in [0.1, 0.15) is 32.6 Å². The summed E-state index contributed by atoms with van der Waals surface area (Å²) in [5.74, 6) is -1.04. The summed E-state index contributed by atoms with van der Waals surface area (Å²) in [6.45, 7) is 5.81. The SMILES string of the molecule is C=CCCCC(=O)N(CCC)CC(=O)O. The summed E-state index contributed by atoms with van der Waals surface area (Å²) < 4.78 is 0. The summed E-state index contributed by atoms with van der Waals surface area (Å²) in [5, 5.41) is 8.62. The normalized spacial score (nSPS) is 9.67. The molecule has 1 N–H and O–H groups in total. The molecule has 0 radical (unpaired) electrons. The van der Waals surface area contributed by atoms with Gasteiger partial charge in [0, 0.05) is 13.0 Å². The minimum Gasteiger partial charge on any atom is -0.480 e. The van der Waals surface area contributed by atoms with Crippen LogP contribution in [0.5, 0.6) is 0 Å². The van der Waals surface area contributed by atoms with E-state index in [1.807, 2.05) is 6.92 Å². The highest BCUT2D eigenvalue weighted by molar-refractivity contribution is 5.81. The molecule has 0 aliphatic rings. The molecule has 4 heteroatoms. The summed E-state index contributed by atoms with van der Waals surface area (Å²) in [4.78, 5) is 23.5. The molecule has 4 nitrogen and oxygen atoms in total. The third-order valence-corrected chi connectivity index (χ3v) is 1.97. The standard InChI is InChI=1S/C11H19NO3/c1-3-5-6-7-10(13)12(8-4-2)9-11(14)15/h3H,1,4-9H2,2H3,(H,14,15). The van der Waals surface area contributed by atoms with E-state index in [4.69, 9.17) is 5.11 Å². The third kappa shape index (κ3) is 6.71. The fraction of sp³-hybridized carbons (Fsp3) is 0.636. The Morgan fingerprint density at radius 1 is 1.47 bits per heavy atom. The molecule has 0 heterocycles. The Morgan fingerprint density at radius 2 is 2.13 bits per heavy atom. The first-order valence-corrected chi connectivity index (χ1v) is 5.22. The molecule has 15 heavy (non-hydrogen) atoms. The maximum atomic E-state index is 11.6. The predicted molar refractivity (Wildman–Crippen MR) is 58.6 cm³/mol. The van der Waals surface area contributed by atoms with E-state index >= 15 is 0 Å². The molecule has 0 aliphatic heterocycles. The Kier molecular flexibility index (Phi) is 7.32. The molecule has 0 atom stereocenters. The average Bonchev–Trinajstić information content (AvgIpc) is 2.17. The number of rotatable bonds is 8. The fourth-order valence-corrected chi connectivity index (χ4v) is 1.28. The Bertz CT molecular complexity index is 226. The number of hydrogen-bond acceptors (Lipinski definition) is 2. The molecule has 0 saturated carbocycles. The van der Waals surface area contributed by atoms with Crippen molar-refractivity contribution in [2.24, 2.45) is 0 Å². The molecular formula is C11H19NO3. The lowest BCUT2D eigenvalue weighted by Crippen LogP contribution is -2.36. The van der Waals surface area contributed by atoms with Crippen LogP contribution < -0.4 is 0 Å². The van der Waals surface area contributed by atoms with E-state index in [2.05, 4.69) is 6.58 Å². The van der Waals surface area contributed by atoms with E-state index in [0.29, 0.717) is 13.0 Å². The Labute approximate surface area is 90.6 Å². The second-order valence-corrected chi connectivity index (χ2v) is 3.39. The summed E-state index contributed by atoms with van der Waals surface area (Å²) in [6, 6.07) is 0. The summed E-state index contributed by atoms with van der Waals surface area (Å²) in [6.07, 6.45) is 4.47. The number of carboxylic acid groups (broad SMARTS) is 1. The van der Waals surface area contributed by atoms with Crippen LogP contribution in [0.3, 0.4) is 0 Å². The van der Waals surface area contributed by atoms with Gasteiger partial charge < -0.3 is 10.0 Å². The van der Waals surface area contributed by atoms with Gasteiger partial charge in [-0.25, -0.2) is 0 Å². The number of carbonyl (C=O) groups excluding carboxylic acids is 1. The average molecular weight is 213 g/mol. The monoisotopic (exact) mass is 213 g/mol. The van der Waals surface area contributed by atoms with Gasteiger partial charge in [0.1, 0.15) is 6.54 Å². The zero-order chi connectivity index (χ0) is 11.7. The van der Waals surface area contributed by atoms with Crippen LogP contribution in [0, 0.1) is 0 Å². The van der Waals surface area contributed by atoms with Gasteiger partial charge >= 0.3 is 5.97 Å². The van der Waals surface area contributed by atoms with Crippen LogP contribution in [0.4, 0.5) is 0 Å². The maximum Gasteiger partial charge on any atom is 0.323 e. The van der Waals surface area contributed by atoms with Crippen LogP contribution in [0.25, 0.3) is 0 Å². The van der Waals surface area contributed by atoms with Gasteiger partial charge in [-0.05, 0) is 19.3 Å². The molecule has 0 aromatic carbocycles. The lowest BCUT2D eigenvalue weighted by atomic mass is 10.2. The minimum atomic E-state index is -0.958. The molecule has 0 aromatic heterocycles. The molecule has 0 fully saturated rings. The van der Waals surface area contributed by atoms with Crippen molar-refractivity contribution in [2.75, 3.05) is 13.1 Å². The van der Waals surface area contributed by atoms with E-state index in [9.17, 15) is 9.59 Å². The fourth-order valence-electron chi connectivity index (χ4n) is 1.28. The number of carboxylic acids is 1. The minimum absolute atomic E-state index is 0.0823. The third-order valence-electron chi connectivity index (χ3n) is 1.97. The van der Waals surface area contributed by atoms with Gasteiger partial charge in [0.2, 0.25) is 5.91 Å². The number of unbranched alkanes of at least 4 members (excludes halogenated alkanes) is 1. The highest BCUT2D eigenvalue weighted by Crippen LogP contribution is 2.02. The Balaban J connectivity index is 4.03. The zero-order valence-corrected chi connectivity index (χ0v) is 9.24. The van der Waals surface area contributed by atoms with E-state index in [1.54, 1.807) is 6.08 Å². The van der Waals surface area contributed by atoms with E-state index in [-0.39, 0.29) is 12.5 Å². The maximum absolute atomic E-state index is 11.6. The van der Waals surface area contributed by atoms with Crippen molar-refractivity contribution in [2.45, 2.75) is 32.6 Å². The first kappa shape index (κ1) is 13.7. The Morgan fingerprint density at radius 3 is 2.60 bits per heavy atom. The van der Waals surface area contributed by atoms with E-state index < -0.39 is 5.97 Å². The number of carbonyl (C=O) groups is 2. The van der Waals surface area contributed by atoms with Gasteiger partial charge in [-0.15, -0.1) is 6.58 Å². The van der Waals surface area contributed by atoms with Gasteiger partial charge in [0.15, 0.2) is 0 Å². The van der Waals surface area contributed by atoms with Crippen molar-refractivity contribution < 1.29 is 14.7 Å². The van der Waals surface area contributed by atoms with Crippen LogP contribution in [-0.4, -0.2) is 35.0 Å². The van der Waals surface area contributed by atoms with E-state index in [1.165, 1.54) is 4.90 Å². The number of allylic oxidation sites excluding steroid dienone is 1. The first-order chi connectivity index (χ1) is 7.11. The van der Waals surface area contributed by atoms with Crippen LogP contribution in [0.15, 0.2) is 12.7 Å². The smallest absolute Gasteiger partial charge is 0.323 e. The van der Waals surface area contributed by atoms with Crippen molar-refractivity contribution >= 4 is 11.9 Å². The number of hydrogen-bond donors (Lipinski definition) is 1. The first-order valence-electron chi connectivity index (χ1n) is 5.22. The van der Waals surface area contributed by atoms with Crippen molar-refractivity contribution in [1.82, 2.24) is 4.90 Å². The molecule has 1 amide bonds. The van der Waals surface area contributed by atoms with Crippen molar-refractivity contribution in [3.8, 4) is 0 Å².